The van der Waals surface area contributed by atoms with Gasteiger partial charge in [-0.05, 0) is 31.5 Å². The largest absolute Gasteiger partial charge is 0.495 e. The first-order valence-corrected chi connectivity index (χ1v) is 11.1. The number of anilines is 1. The van der Waals surface area contributed by atoms with Crippen LogP contribution in [0.2, 0.25) is 5.02 Å². The average Bonchev–Trinajstić information content (AvgIpc) is 3.20. The summed E-state index contributed by atoms with van der Waals surface area (Å²) in [6.07, 6.45) is 0. The van der Waals surface area contributed by atoms with Gasteiger partial charge in [0, 0.05) is 16.7 Å². The molecule has 2 aliphatic rings. The van der Waals surface area contributed by atoms with Crippen LogP contribution in [0.15, 0.2) is 47.7 Å². The minimum Gasteiger partial charge on any atom is -0.495 e. The van der Waals surface area contributed by atoms with Crippen LogP contribution < -0.4 is 20.1 Å². The van der Waals surface area contributed by atoms with Crippen molar-refractivity contribution in [2.24, 2.45) is 0 Å². The number of cyclic esters (lactones) is 1. The normalized spacial score (nSPS) is 17.2. The van der Waals surface area contributed by atoms with Gasteiger partial charge >= 0.3 is 12.0 Å². The molecule has 2 aliphatic heterocycles. The molecule has 1 atom stereocenters. The van der Waals surface area contributed by atoms with Crippen molar-refractivity contribution in [1.29, 1.82) is 0 Å². The molecule has 10 heteroatoms. The SMILES string of the molecule is CCOc1ccccc1[C@@H]1NC(=O)N(CC(=O)Nc2cc(C)c(Cl)cc2OC)C2=C1C(=O)OC2. The van der Waals surface area contributed by atoms with Gasteiger partial charge in [0.15, 0.2) is 0 Å². The van der Waals surface area contributed by atoms with Gasteiger partial charge in [0.1, 0.15) is 24.7 Å². The van der Waals surface area contributed by atoms with Gasteiger partial charge in [-0.25, -0.2) is 9.59 Å². The second kappa shape index (κ2) is 9.64. The minimum absolute atomic E-state index is 0.106. The van der Waals surface area contributed by atoms with E-state index >= 15 is 0 Å². The summed E-state index contributed by atoms with van der Waals surface area (Å²) in [4.78, 5) is 39.7. The molecule has 0 radical (unpaired) electrons. The molecule has 34 heavy (non-hydrogen) atoms. The number of halogens is 1. The lowest BCUT2D eigenvalue weighted by atomic mass is 9.95. The molecular weight excluding hydrogens is 462 g/mol. The average molecular weight is 486 g/mol. The fourth-order valence-electron chi connectivity index (χ4n) is 3.98. The number of hydrogen-bond donors (Lipinski definition) is 2. The van der Waals surface area contributed by atoms with Crippen molar-refractivity contribution in [1.82, 2.24) is 10.2 Å². The molecule has 0 unspecified atom stereocenters. The quantitative estimate of drug-likeness (QED) is 0.581. The topological polar surface area (TPSA) is 106 Å². The molecule has 0 bridgehead atoms. The van der Waals surface area contributed by atoms with E-state index in [0.29, 0.717) is 40.1 Å². The minimum atomic E-state index is -0.751. The third-order valence-electron chi connectivity index (χ3n) is 5.58. The molecule has 3 amide bonds. The molecule has 2 N–H and O–H groups in total. The molecule has 4 rings (SSSR count). The van der Waals surface area contributed by atoms with Crippen molar-refractivity contribution in [2.75, 3.05) is 32.2 Å². The first kappa shape index (κ1) is 23.4. The maximum atomic E-state index is 13.1. The van der Waals surface area contributed by atoms with Crippen LogP contribution in [0.25, 0.3) is 0 Å². The fraction of sp³-hybridized carbons (Fsp3) is 0.292. The second-order valence-electron chi connectivity index (χ2n) is 7.73. The summed E-state index contributed by atoms with van der Waals surface area (Å²) < 4.78 is 16.2. The van der Waals surface area contributed by atoms with Crippen LogP contribution in [0, 0.1) is 6.92 Å². The fourth-order valence-corrected chi connectivity index (χ4v) is 4.13. The maximum Gasteiger partial charge on any atom is 0.338 e. The lowest BCUT2D eigenvalue weighted by Crippen LogP contribution is -2.49. The zero-order chi connectivity index (χ0) is 24.4. The number of rotatable bonds is 7. The van der Waals surface area contributed by atoms with E-state index in [1.54, 1.807) is 37.3 Å². The molecule has 9 nitrogen and oxygen atoms in total. The number of benzene rings is 2. The van der Waals surface area contributed by atoms with E-state index in [9.17, 15) is 14.4 Å². The third-order valence-corrected chi connectivity index (χ3v) is 5.99. The lowest BCUT2D eigenvalue weighted by molar-refractivity contribution is -0.136. The van der Waals surface area contributed by atoms with Crippen LogP contribution in [-0.4, -0.2) is 49.7 Å². The van der Waals surface area contributed by atoms with Crippen LogP contribution in [0.4, 0.5) is 10.5 Å². The third kappa shape index (κ3) is 4.38. The number of hydrogen-bond acceptors (Lipinski definition) is 6. The monoisotopic (exact) mass is 485 g/mol. The van der Waals surface area contributed by atoms with E-state index in [0.717, 1.165) is 5.56 Å². The van der Waals surface area contributed by atoms with Crippen molar-refractivity contribution >= 4 is 35.2 Å². The number of carbonyl (C=O) groups is 3. The highest BCUT2D eigenvalue weighted by Crippen LogP contribution is 2.38. The van der Waals surface area contributed by atoms with Gasteiger partial charge in [0.2, 0.25) is 5.91 Å². The summed E-state index contributed by atoms with van der Waals surface area (Å²) in [6.45, 7) is 3.64. The number of para-hydroxylation sites is 1. The second-order valence-corrected chi connectivity index (χ2v) is 8.13. The Kier molecular flexibility index (Phi) is 6.65. The van der Waals surface area contributed by atoms with Crippen LogP contribution in [0.3, 0.4) is 0 Å². The van der Waals surface area contributed by atoms with E-state index in [1.807, 2.05) is 13.0 Å². The molecule has 0 aliphatic carbocycles. The summed E-state index contributed by atoms with van der Waals surface area (Å²) in [6, 6.07) is 9.17. The van der Waals surface area contributed by atoms with Crippen molar-refractivity contribution in [3.05, 3.63) is 63.8 Å². The summed E-state index contributed by atoms with van der Waals surface area (Å²) in [5, 5.41) is 6.06. The summed E-state index contributed by atoms with van der Waals surface area (Å²) in [5.74, 6) is -0.0848. The van der Waals surface area contributed by atoms with Gasteiger partial charge in [-0.1, -0.05) is 29.8 Å². The van der Waals surface area contributed by atoms with Crippen LogP contribution >= 0.6 is 11.6 Å². The number of nitrogens with one attached hydrogen (secondary N) is 2. The highest BCUT2D eigenvalue weighted by Gasteiger charge is 2.43. The van der Waals surface area contributed by atoms with E-state index in [1.165, 1.54) is 12.0 Å². The Morgan fingerprint density at radius 2 is 2.03 bits per heavy atom. The molecule has 0 fully saturated rings. The van der Waals surface area contributed by atoms with Crippen molar-refractivity contribution < 1.29 is 28.6 Å². The van der Waals surface area contributed by atoms with E-state index in [-0.39, 0.29) is 18.7 Å². The summed E-state index contributed by atoms with van der Waals surface area (Å²) in [5.41, 5.74) is 2.43. The van der Waals surface area contributed by atoms with Crippen LogP contribution in [0.1, 0.15) is 24.1 Å². The number of methoxy groups -OCH3 is 1. The molecule has 0 aromatic heterocycles. The predicted octanol–water partition coefficient (Wildman–Crippen LogP) is 3.57. The lowest BCUT2D eigenvalue weighted by Gasteiger charge is -2.33. The molecule has 2 aromatic rings. The van der Waals surface area contributed by atoms with Crippen molar-refractivity contribution in [3.8, 4) is 11.5 Å². The Labute approximate surface area is 201 Å². The van der Waals surface area contributed by atoms with Crippen LogP contribution in [0.5, 0.6) is 11.5 Å². The summed E-state index contributed by atoms with van der Waals surface area (Å²) >= 11 is 6.13. The predicted molar refractivity (Wildman–Crippen MR) is 125 cm³/mol. The van der Waals surface area contributed by atoms with E-state index in [2.05, 4.69) is 10.6 Å². The maximum absolute atomic E-state index is 13.1. The molecule has 0 spiro atoms. The van der Waals surface area contributed by atoms with Gasteiger partial charge in [0.25, 0.3) is 0 Å². The molecular formula is C24H24ClN3O6. The van der Waals surface area contributed by atoms with Gasteiger partial charge in [-0.15, -0.1) is 0 Å². The molecule has 0 saturated heterocycles. The number of nitrogens with zero attached hydrogens (tertiary/aromatic N) is 1. The Morgan fingerprint density at radius 3 is 2.76 bits per heavy atom. The molecule has 178 valence electrons. The first-order valence-electron chi connectivity index (χ1n) is 10.7. The van der Waals surface area contributed by atoms with Crippen LogP contribution in [-0.2, 0) is 14.3 Å². The Hall–Kier alpha value is -3.72. The number of carbonyl (C=O) groups excluding carboxylic acids is 3. The Morgan fingerprint density at radius 1 is 1.26 bits per heavy atom. The molecule has 0 saturated carbocycles. The van der Waals surface area contributed by atoms with Gasteiger partial charge < -0.3 is 24.8 Å². The number of amides is 3. The molecule has 2 aromatic carbocycles. The van der Waals surface area contributed by atoms with Gasteiger partial charge in [0.05, 0.1) is 36.7 Å². The number of esters is 1. The number of urea groups is 1. The van der Waals surface area contributed by atoms with Crippen molar-refractivity contribution in [2.45, 2.75) is 19.9 Å². The summed E-state index contributed by atoms with van der Waals surface area (Å²) in [7, 11) is 1.47. The highest BCUT2D eigenvalue weighted by molar-refractivity contribution is 6.31. The van der Waals surface area contributed by atoms with Gasteiger partial charge in [-0.3, -0.25) is 9.69 Å². The Balaban J connectivity index is 1.62. The number of aryl methyl sites for hydroxylation is 1. The standard InChI is InChI=1S/C24H24ClN3O6/c1-4-33-18-8-6-5-7-14(18)22-21-17(12-34-23(21)30)28(24(31)27-22)11-20(29)26-16-9-13(2)15(25)10-19(16)32-3/h5-10,22H,4,11-12H2,1-3H3,(H,26,29)(H,27,31)/t22-/m0/s1. The smallest absolute Gasteiger partial charge is 0.338 e. The zero-order valence-corrected chi connectivity index (χ0v) is 19.7. The van der Waals surface area contributed by atoms with Gasteiger partial charge in [-0.2, -0.15) is 0 Å². The zero-order valence-electron chi connectivity index (χ0n) is 18.9. The number of ether oxygens (including phenoxy) is 3. The first-order chi connectivity index (χ1) is 16.3. The van der Waals surface area contributed by atoms with Crippen molar-refractivity contribution in [3.63, 3.8) is 0 Å². The Bertz CT molecular complexity index is 1200. The van der Waals surface area contributed by atoms with E-state index in [4.69, 9.17) is 25.8 Å². The highest BCUT2D eigenvalue weighted by atomic mass is 35.5. The van der Waals surface area contributed by atoms with E-state index < -0.39 is 23.9 Å². The molecule has 2 heterocycles.